The van der Waals surface area contributed by atoms with Gasteiger partial charge in [0.15, 0.2) is 5.82 Å². The molecule has 200 valence electrons. The largest absolute Gasteiger partial charge is 0.457 e. The van der Waals surface area contributed by atoms with E-state index in [-0.39, 0.29) is 18.0 Å². The lowest BCUT2D eigenvalue weighted by Gasteiger charge is -2.55. The van der Waals surface area contributed by atoms with Gasteiger partial charge in [-0.25, -0.2) is 24.6 Å². The highest BCUT2D eigenvalue weighted by Gasteiger charge is 2.47. The van der Waals surface area contributed by atoms with Crippen molar-refractivity contribution in [2.24, 2.45) is 7.05 Å². The number of aryl methyl sites for hydroxylation is 2. The van der Waals surface area contributed by atoms with E-state index >= 15 is 0 Å². The number of rotatable bonds is 6. The third-order valence-corrected chi connectivity index (χ3v) is 7.52. The van der Waals surface area contributed by atoms with E-state index < -0.39 is 0 Å². The molecule has 12 heteroatoms. The van der Waals surface area contributed by atoms with Crippen molar-refractivity contribution in [1.82, 2.24) is 39.8 Å². The van der Waals surface area contributed by atoms with Crippen LogP contribution in [0.2, 0.25) is 0 Å². The number of anilines is 3. The molecular weight excluding hydrogens is 508 g/mol. The predicted molar refractivity (Wildman–Crippen MR) is 150 cm³/mol. The molecular formula is C28H26N10O2. The maximum atomic E-state index is 12.1. The third kappa shape index (κ3) is 4.04. The number of carbonyl (C=O) groups excluding carboxylic acids is 1. The molecule has 8 rings (SSSR count). The average Bonchev–Trinajstić information content (AvgIpc) is 3.34. The summed E-state index contributed by atoms with van der Waals surface area (Å²) in [7, 11) is 1.86. The van der Waals surface area contributed by atoms with Gasteiger partial charge in [-0.05, 0) is 55.3 Å². The first-order valence-electron chi connectivity index (χ1n) is 13.0. The van der Waals surface area contributed by atoms with E-state index in [0.717, 1.165) is 34.5 Å². The van der Waals surface area contributed by atoms with Crippen molar-refractivity contribution in [3.63, 3.8) is 0 Å². The SMILES string of the molecule is C=CC(=O)N1C2CC1CN(c1ncc3ncnc(Nc4ccc(Oc5ccc6c(c5)nnn6C)c(C)c4)c3n1)C2. The van der Waals surface area contributed by atoms with E-state index in [2.05, 4.69) is 42.1 Å². The van der Waals surface area contributed by atoms with Gasteiger partial charge in [0.25, 0.3) is 0 Å². The van der Waals surface area contributed by atoms with Gasteiger partial charge in [-0.2, -0.15) is 0 Å². The molecule has 3 fully saturated rings. The number of fused-ring (bicyclic) bond motifs is 4. The maximum absolute atomic E-state index is 12.1. The first-order chi connectivity index (χ1) is 19.5. The molecule has 0 saturated carbocycles. The molecule has 3 saturated heterocycles. The van der Waals surface area contributed by atoms with E-state index in [9.17, 15) is 4.79 Å². The minimum absolute atomic E-state index is 0.0153. The fourth-order valence-corrected chi connectivity index (χ4v) is 5.52. The molecule has 40 heavy (non-hydrogen) atoms. The smallest absolute Gasteiger partial charge is 0.246 e. The molecule has 2 bridgehead atoms. The van der Waals surface area contributed by atoms with E-state index in [1.807, 2.05) is 55.3 Å². The molecule has 12 nitrogen and oxygen atoms in total. The summed E-state index contributed by atoms with van der Waals surface area (Å²) in [6.45, 7) is 6.98. The molecule has 3 aromatic heterocycles. The van der Waals surface area contributed by atoms with Gasteiger partial charge in [-0.1, -0.05) is 11.8 Å². The van der Waals surface area contributed by atoms with Crippen LogP contribution in [0.4, 0.5) is 17.5 Å². The second-order valence-corrected chi connectivity index (χ2v) is 10.1. The van der Waals surface area contributed by atoms with E-state index in [0.29, 0.717) is 41.6 Å². The zero-order valence-electron chi connectivity index (χ0n) is 22.0. The predicted octanol–water partition coefficient (Wildman–Crippen LogP) is 3.52. The van der Waals surface area contributed by atoms with Crippen LogP contribution in [-0.4, -0.2) is 70.9 Å². The van der Waals surface area contributed by atoms with Crippen LogP contribution in [0.15, 0.2) is 61.6 Å². The highest BCUT2D eigenvalue weighted by atomic mass is 16.5. The molecule has 2 unspecified atom stereocenters. The average molecular weight is 535 g/mol. The van der Waals surface area contributed by atoms with E-state index in [1.54, 1.807) is 10.9 Å². The Labute approximate surface area is 229 Å². The lowest BCUT2D eigenvalue weighted by atomic mass is 9.87. The molecule has 5 aromatic rings. The molecule has 0 aliphatic carbocycles. The third-order valence-electron chi connectivity index (χ3n) is 7.52. The van der Waals surface area contributed by atoms with Gasteiger partial charge in [0, 0.05) is 31.9 Å². The summed E-state index contributed by atoms with van der Waals surface area (Å²) in [4.78, 5) is 34.4. The first-order valence-corrected chi connectivity index (χ1v) is 13.0. The molecule has 0 radical (unpaired) electrons. The molecule has 1 amide bonds. The molecule has 2 atom stereocenters. The lowest BCUT2D eigenvalue weighted by Crippen LogP contribution is -2.70. The van der Waals surface area contributed by atoms with Gasteiger partial charge in [0.1, 0.15) is 34.4 Å². The van der Waals surface area contributed by atoms with Crippen molar-refractivity contribution in [1.29, 1.82) is 0 Å². The Morgan fingerprint density at radius 2 is 1.95 bits per heavy atom. The number of nitrogens with zero attached hydrogens (tertiary/aromatic N) is 9. The quantitative estimate of drug-likeness (QED) is 0.323. The second kappa shape index (κ2) is 9.26. The molecule has 3 aliphatic heterocycles. The van der Waals surface area contributed by atoms with Crippen molar-refractivity contribution in [3.05, 3.63) is 67.1 Å². The number of piperidine rings is 1. The van der Waals surface area contributed by atoms with Crippen molar-refractivity contribution >= 4 is 45.4 Å². The number of hydrogen-bond acceptors (Lipinski definition) is 10. The molecule has 1 N–H and O–H groups in total. The van der Waals surface area contributed by atoms with Crippen molar-refractivity contribution in [2.45, 2.75) is 25.4 Å². The summed E-state index contributed by atoms with van der Waals surface area (Å²) in [6.07, 6.45) is 5.59. The van der Waals surface area contributed by atoms with Gasteiger partial charge in [0.05, 0.1) is 23.8 Å². The number of hydrogen-bond donors (Lipinski definition) is 1. The summed E-state index contributed by atoms with van der Waals surface area (Å²) in [6, 6.07) is 11.9. The molecule has 3 aliphatic rings. The van der Waals surface area contributed by atoms with Gasteiger partial charge in [0.2, 0.25) is 11.9 Å². The Hall–Kier alpha value is -5.13. The Morgan fingerprint density at radius 1 is 1.10 bits per heavy atom. The second-order valence-electron chi connectivity index (χ2n) is 10.1. The standard InChI is InChI=1S/C28H26N10O2/c1-4-25(39)38-18-10-19(38)14-37(13-18)28-29-12-22-26(33-28)27(31-15-30-22)32-17-5-8-24(16(2)9-17)40-20-6-7-23-21(11-20)34-35-36(23)3/h4-9,11-12,15,18-19H,1,10,13-14H2,2-3H3,(H,30,31,32). The molecule has 2 aromatic carbocycles. The monoisotopic (exact) mass is 534 g/mol. The van der Waals surface area contributed by atoms with Crippen molar-refractivity contribution in [2.75, 3.05) is 23.3 Å². The van der Waals surface area contributed by atoms with Crippen LogP contribution in [-0.2, 0) is 11.8 Å². The number of benzene rings is 2. The van der Waals surface area contributed by atoms with Gasteiger partial charge in [-0.3, -0.25) is 4.79 Å². The number of aromatic nitrogens is 7. The van der Waals surface area contributed by atoms with Crippen LogP contribution in [0, 0.1) is 6.92 Å². The first kappa shape index (κ1) is 23.9. The van der Waals surface area contributed by atoms with Gasteiger partial charge in [-0.15, -0.1) is 5.10 Å². The van der Waals surface area contributed by atoms with E-state index in [4.69, 9.17) is 9.72 Å². The number of piperazine rings is 1. The van der Waals surface area contributed by atoms with Gasteiger partial charge >= 0.3 is 0 Å². The summed E-state index contributed by atoms with van der Waals surface area (Å²) >= 11 is 0. The number of nitrogens with one attached hydrogen (secondary N) is 1. The Bertz CT molecular complexity index is 1790. The number of carbonyl (C=O) groups is 1. The van der Waals surface area contributed by atoms with Crippen molar-refractivity contribution in [3.8, 4) is 11.5 Å². The van der Waals surface area contributed by atoms with Crippen LogP contribution in [0.25, 0.3) is 22.1 Å². The number of amides is 1. The Kier molecular flexibility index (Phi) is 5.54. The summed E-state index contributed by atoms with van der Waals surface area (Å²) < 4.78 is 7.87. The maximum Gasteiger partial charge on any atom is 0.246 e. The van der Waals surface area contributed by atoms with Crippen LogP contribution in [0.3, 0.4) is 0 Å². The zero-order valence-corrected chi connectivity index (χ0v) is 22.0. The van der Waals surface area contributed by atoms with Crippen LogP contribution >= 0.6 is 0 Å². The van der Waals surface area contributed by atoms with Crippen LogP contribution in [0.5, 0.6) is 11.5 Å². The minimum atomic E-state index is -0.0153. The van der Waals surface area contributed by atoms with Crippen LogP contribution in [0.1, 0.15) is 12.0 Å². The highest BCUT2D eigenvalue weighted by Crippen LogP contribution is 2.35. The normalized spacial score (nSPS) is 18.1. The fourth-order valence-electron chi connectivity index (χ4n) is 5.52. The van der Waals surface area contributed by atoms with Gasteiger partial charge < -0.3 is 19.9 Å². The highest BCUT2D eigenvalue weighted by molar-refractivity contribution is 5.89. The molecule has 6 heterocycles. The Balaban J connectivity index is 1.11. The van der Waals surface area contributed by atoms with E-state index in [1.165, 1.54) is 12.4 Å². The summed E-state index contributed by atoms with van der Waals surface area (Å²) in [5.74, 6) is 2.60. The minimum Gasteiger partial charge on any atom is -0.457 e. The molecule has 0 spiro atoms. The zero-order chi connectivity index (χ0) is 27.4. The fraction of sp³-hybridized carbons (Fsp3) is 0.250. The number of ether oxygens (including phenoxy) is 1. The van der Waals surface area contributed by atoms with Crippen LogP contribution < -0.4 is 15.0 Å². The summed E-state index contributed by atoms with van der Waals surface area (Å²) in [5.41, 5.74) is 4.77. The van der Waals surface area contributed by atoms with Crippen molar-refractivity contribution < 1.29 is 9.53 Å². The topological polar surface area (TPSA) is 127 Å². The Morgan fingerprint density at radius 3 is 2.75 bits per heavy atom. The lowest BCUT2D eigenvalue weighted by molar-refractivity contribution is -0.140. The summed E-state index contributed by atoms with van der Waals surface area (Å²) in [5, 5.41) is 11.6.